The Morgan fingerprint density at radius 1 is 1.26 bits per heavy atom. The second kappa shape index (κ2) is 8.41. The molecular formula is C20H26N2O5. The number of carbonyl (C=O) groups excluding carboxylic acids is 2. The lowest BCUT2D eigenvalue weighted by Gasteiger charge is -2.33. The molecule has 2 aliphatic rings. The van der Waals surface area contributed by atoms with E-state index in [4.69, 9.17) is 4.74 Å². The molecule has 1 aromatic carbocycles. The first-order chi connectivity index (χ1) is 13.0. The number of carbonyl (C=O) groups is 3. The van der Waals surface area contributed by atoms with Crippen molar-refractivity contribution in [2.24, 2.45) is 5.92 Å². The number of likely N-dealkylation sites (tertiary alicyclic amines) is 1. The van der Waals surface area contributed by atoms with E-state index in [0.29, 0.717) is 18.1 Å². The van der Waals surface area contributed by atoms with Crippen molar-refractivity contribution < 1.29 is 24.2 Å². The Hall–Kier alpha value is -2.57. The standard InChI is InChI=1S/C20H26N2O5/c1-21-18(23)12-27-15-7-4-5-13(9-15)10-19(24)22-16-8-3-2-6-14(16)11-17(22)20(25)26/h4-5,7,9,14,16-17H,2-3,6,8,10-12H2,1H3,(H,21,23)(H,25,26). The lowest BCUT2D eigenvalue weighted by molar-refractivity contribution is -0.149. The Morgan fingerprint density at radius 3 is 2.78 bits per heavy atom. The molecule has 1 saturated carbocycles. The Balaban J connectivity index is 1.70. The molecule has 2 fully saturated rings. The molecule has 3 atom stereocenters. The predicted octanol–water partition coefficient (Wildman–Crippen LogP) is 1.60. The molecule has 7 heteroatoms. The van der Waals surface area contributed by atoms with Crippen LogP contribution in [0.2, 0.25) is 0 Å². The maximum atomic E-state index is 13.0. The number of rotatable bonds is 6. The maximum Gasteiger partial charge on any atom is 0.326 e. The molecule has 146 valence electrons. The van der Waals surface area contributed by atoms with Gasteiger partial charge < -0.3 is 20.1 Å². The third-order valence-corrected chi connectivity index (χ3v) is 5.56. The summed E-state index contributed by atoms with van der Waals surface area (Å²) >= 11 is 0. The summed E-state index contributed by atoms with van der Waals surface area (Å²) in [7, 11) is 1.54. The van der Waals surface area contributed by atoms with Crippen molar-refractivity contribution in [1.82, 2.24) is 10.2 Å². The summed E-state index contributed by atoms with van der Waals surface area (Å²) < 4.78 is 5.42. The molecule has 1 aromatic rings. The van der Waals surface area contributed by atoms with Gasteiger partial charge in [-0.3, -0.25) is 9.59 Å². The zero-order chi connectivity index (χ0) is 19.4. The van der Waals surface area contributed by atoms with Crippen molar-refractivity contribution in [3.05, 3.63) is 29.8 Å². The minimum atomic E-state index is -0.916. The van der Waals surface area contributed by atoms with Crippen LogP contribution in [0.4, 0.5) is 0 Å². The molecule has 2 N–H and O–H groups in total. The van der Waals surface area contributed by atoms with Gasteiger partial charge in [-0.2, -0.15) is 0 Å². The topological polar surface area (TPSA) is 95.9 Å². The van der Waals surface area contributed by atoms with Crippen LogP contribution in [-0.2, 0) is 20.8 Å². The highest BCUT2D eigenvalue weighted by molar-refractivity contribution is 5.86. The summed E-state index contributed by atoms with van der Waals surface area (Å²) in [6.45, 7) is -0.0924. The Morgan fingerprint density at radius 2 is 2.04 bits per heavy atom. The number of fused-ring (bicyclic) bond motifs is 1. The minimum absolute atomic E-state index is 0.0417. The highest BCUT2D eigenvalue weighted by atomic mass is 16.5. The fourth-order valence-corrected chi connectivity index (χ4v) is 4.27. The lowest BCUT2D eigenvalue weighted by atomic mass is 9.84. The van der Waals surface area contributed by atoms with Gasteiger partial charge in [0.05, 0.1) is 6.42 Å². The highest BCUT2D eigenvalue weighted by Crippen LogP contribution is 2.40. The van der Waals surface area contributed by atoms with Gasteiger partial charge in [0.2, 0.25) is 5.91 Å². The monoisotopic (exact) mass is 374 g/mol. The van der Waals surface area contributed by atoms with E-state index in [1.165, 1.54) is 7.05 Å². The van der Waals surface area contributed by atoms with Crippen molar-refractivity contribution in [2.45, 2.75) is 50.6 Å². The van der Waals surface area contributed by atoms with E-state index < -0.39 is 12.0 Å². The molecule has 7 nitrogen and oxygen atoms in total. The van der Waals surface area contributed by atoms with Gasteiger partial charge in [-0.25, -0.2) is 4.79 Å². The van der Waals surface area contributed by atoms with Crippen LogP contribution in [0, 0.1) is 5.92 Å². The lowest BCUT2D eigenvalue weighted by Crippen LogP contribution is -2.46. The van der Waals surface area contributed by atoms with Crippen molar-refractivity contribution in [3.63, 3.8) is 0 Å². The second-order valence-electron chi connectivity index (χ2n) is 7.29. The molecule has 0 aromatic heterocycles. The average molecular weight is 374 g/mol. The summed E-state index contributed by atoms with van der Waals surface area (Å²) in [6, 6.07) is 6.35. The van der Waals surface area contributed by atoms with Crippen molar-refractivity contribution >= 4 is 17.8 Å². The zero-order valence-electron chi connectivity index (χ0n) is 15.5. The SMILES string of the molecule is CNC(=O)COc1cccc(CC(=O)N2C(C(=O)O)CC3CCCCC32)c1. The molecule has 3 unspecified atom stereocenters. The van der Waals surface area contributed by atoms with Gasteiger partial charge in [0.1, 0.15) is 11.8 Å². The van der Waals surface area contributed by atoms with Crippen LogP contribution in [-0.4, -0.2) is 53.5 Å². The van der Waals surface area contributed by atoms with Gasteiger partial charge in [-0.15, -0.1) is 0 Å². The number of carboxylic acid groups (broad SMARTS) is 1. The van der Waals surface area contributed by atoms with E-state index >= 15 is 0 Å². The van der Waals surface area contributed by atoms with E-state index in [1.807, 2.05) is 6.07 Å². The van der Waals surface area contributed by atoms with Crippen LogP contribution < -0.4 is 10.1 Å². The summed E-state index contributed by atoms with van der Waals surface area (Å²) in [5, 5.41) is 12.1. The number of nitrogens with zero attached hydrogens (tertiary/aromatic N) is 1. The average Bonchev–Trinajstić information content (AvgIpc) is 3.06. The van der Waals surface area contributed by atoms with Crippen molar-refractivity contribution in [3.8, 4) is 5.75 Å². The van der Waals surface area contributed by atoms with Crippen molar-refractivity contribution in [2.75, 3.05) is 13.7 Å². The number of nitrogens with one attached hydrogen (secondary N) is 1. The molecule has 1 heterocycles. The fraction of sp³-hybridized carbons (Fsp3) is 0.550. The highest BCUT2D eigenvalue weighted by Gasteiger charge is 2.47. The predicted molar refractivity (Wildman–Crippen MR) is 98.3 cm³/mol. The second-order valence-corrected chi connectivity index (χ2v) is 7.29. The smallest absolute Gasteiger partial charge is 0.326 e. The number of ether oxygens (including phenoxy) is 1. The number of aliphatic carboxylic acids is 1. The van der Waals surface area contributed by atoms with Crippen LogP contribution in [0.15, 0.2) is 24.3 Å². The molecule has 0 spiro atoms. The van der Waals surface area contributed by atoms with Crippen LogP contribution in [0.5, 0.6) is 5.75 Å². The molecule has 1 aliphatic heterocycles. The van der Waals surface area contributed by atoms with Crippen LogP contribution in [0.1, 0.15) is 37.7 Å². The normalized spacial score (nSPS) is 24.2. The van der Waals surface area contributed by atoms with Crippen molar-refractivity contribution in [1.29, 1.82) is 0 Å². The largest absolute Gasteiger partial charge is 0.484 e. The first-order valence-corrected chi connectivity index (χ1v) is 9.46. The number of carboxylic acids is 1. The molecule has 27 heavy (non-hydrogen) atoms. The molecule has 3 rings (SSSR count). The minimum Gasteiger partial charge on any atom is -0.484 e. The summed E-state index contributed by atoms with van der Waals surface area (Å²) in [5.74, 6) is -0.497. The summed E-state index contributed by atoms with van der Waals surface area (Å²) in [6.07, 6.45) is 4.72. The van der Waals surface area contributed by atoms with Gasteiger partial charge in [0, 0.05) is 13.1 Å². The van der Waals surface area contributed by atoms with Gasteiger partial charge in [0.25, 0.3) is 5.91 Å². The summed E-state index contributed by atoms with van der Waals surface area (Å²) in [5.41, 5.74) is 0.748. The maximum absolute atomic E-state index is 13.0. The van der Waals surface area contributed by atoms with Gasteiger partial charge >= 0.3 is 5.97 Å². The van der Waals surface area contributed by atoms with Crippen LogP contribution in [0.25, 0.3) is 0 Å². The van der Waals surface area contributed by atoms with Crippen LogP contribution in [0.3, 0.4) is 0 Å². The Bertz CT molecular complexity index is 720. The number of hydrogen-bond donors (Lipinski definition) is 2. The summed E-state index contributed by atoms with van der Waals surface area (Å²) in [4.78, 5) is 37.6. The number of hydrogen-bond acceptors (Lipinski definition) is 4. The molecule has 1 aliphatic carbocycles. The quantitative estimate of drug-likeness (QED) is 0.788. The third-order valence-electron chi connectivity index (χ3n) is 5.56. The fourth-order valence-electron chi connectivity index (χ4n) is 4.27. The van der Waals surface area contributed by atoms with E-state index in [9.17, 15) is 19.5 Å². The van der Waals surface area contributed by atoms with E-state index in [1.54, 1.807) is 23.1 Å². The first-order valence-electron chi connectivity index (χ1n) is 9.46. The number of benzene rings is 1. The van der Waals surface area contributed by atoms with Gasteiger partial charge in [-0.1, -0.05) is 25.0 Å². The van der Waals surface area contributed by atoms with E-state index in [0.717, 1.165) is 31.2 Å². The van der Waals surface area contributed by atoms with Gasteiger partial charge in [0.15, 0.2) is 6.61 Å². The van der Waals surface area contributed by atoms with Gasteiger partial charge in [-0.05, 0) is 42.9 Å². The molecule has 0 bridgehead atoms. The Kier molecular flexibility index (Phi) is 5.98. The van der Waals surface area contributed by atoms with E-state index in [-0.39, 0.29) is 30.9 Å². The first kappa shape index (κ1) is 19.2. The zero-order valence-corrected chi connectivity index (χ0v) is 15.5. The molecule has 2 amide bonds. The number of likely N-dealkylation sites (N-methyl/N-ethyl adjacent to an activating group) is 1. The third kappa shape index (κ3) is 4.40. The molecular weight excluding hydrogens is 348 g/mol. The Labute approximate surface area is 158 Å². The van der Waals surface area contributed by atoms with Crippen LogP contribution >= 0.6 is 0 Å². The molecule has 0 radical (unpaired) electrons. The van der Waals surface area contributed by atoms with E-state index in [2.05, 4.69) is 5.32 Å². The molecule has 1 saturated heterocycles. The number of amides is 2.